The molecule has 0 aliphatic rings. The Kier molecular flexibility index (Phi) is 7.75. The Morgan fingerprint density at radius 3 is 2.29 bits per heavy atom. The number of carbonyl (C=O) groups excluding carboxylic acids is 3. The van der Waals surface area contributed by atoms with Gasteiger partial charge in [0.2, 0.25) is 0 Å². The third kappa shape index (κ3) is 6.55. The molecular formula is C11H19NO5. The fraction of sp³-hybridized carbons (Fsp3) is 0.727. The number of methoxy groups -OCH3 is 2. The molecule has 0 aliphatic carbocycles. The Morgan fingerprint density at radius 2 is 1.82 bits per heavy atom. The van der Waals surface area contributed by atoms with Gasteiger partial charge in [-0.3, -0.25) is 9.59 Å². The van der Waals surface area contributed by atoms with Crippen molar-refractivity contribution < 1.29 is 23.9 Å². The van der Waals surface area contributed by atoms with Crippen LogP contribution in [0.3, 0.4) is 0 Å². The Labute approximate surface area is 101 Å². The van der Waals surface area contributed by atoms with Crippen molar-refractivity contribution in [3.8, 4) is 0 Å². The molecule has 98 valence electrons. The summed E-state index contributed by atoms with van der Waals surface area (Å²) in [5.74, 6) is -0.736. The Bertz CT molecular complexity index is 257. The van der Waals surface area contributed by atoms with Crippen LogP contribution in [0.4, 0.5) is 4.79 Å². The van der Waals surface area contributed by atoms with E-state index >= 15 is 0 Å². The minimum absolute atomic E-state index is 0.00491. The van der Waals surface area contributed by atoms with E-state index in [0.717, 1.165) is 0 Å². The average Bonchev–Trinajstić information content (AvgIpc) is 2.36. The van der Waals surface area contributed by atoms with Gasteiger partial charge in [0.15, 0.2) is 0 Å². The normalized spacial score (nSPS) is 11.5. The van der Waals surface area contributed by atoms with E-state index in [-0.39, 0.29) is 30.6 Å². The summed E-state index contributed by atoms with van der Waals surface area (Å²) in [7, 11) is 2.55. The maximum absolute atomic E-state index is 11.6. The van der Waals surface area contributed by atoms with E-state index in [2.05, 4.69) is 14.8 Å². The van der Waals surface area contributed by atoms with Crippen molar-refractivity contribution in [2.45, 2.75) is 26.2 Å². The van der Waals surface area contributed by atoms with Gasteiger partial charge in [-0.15, -0.1) is 0 Å². The van der Waals surface area contributed by atoms with E-state index < -0.39 is 6.09 Å². The van der Waals surface area contributed by atoms with Gasteiger partial charge < -0.3 is 14.8 Å². The molecule has 0 spiro atoms. The van der Waals surface area contributed by atoms with E-state index in [1.807, 2.05) is 0 Å². The van der Waals surface area contributed by atoms with Gasteiger partial charge in [-0.2, -0.15) is 0 Å². The van der Waals surface area contributed by atoms with Gasteiger partial charge in [0.1, 0.15) is 5.78 Å². The largest absolute Gasteiger partial charge is 0.469 e. The summed E-state index contributed by atoms with van der Waals surface area (Å²) in [6, 6.07) is 0. The first-order valence-electron chi connectivity index (χ1n) is 5.46. The molecule has 0 rings (SSSR count). The van der Waals surface area contributed by atoms with E-state index in [1.165, 1.54) is 14.2 Å². The maximum Gasteiger partial charge on any atom is 0.406 e. The number of nitrogens with one attached hydrogen (secondary N) is 1. The van der Waals surface area contributed by atoms with Crippen LogP contribution in [0.25, 0.3) is 0 Å². The summed E-state index contributed by atoms with van der Waals surface area (Å²) in [6.07, 6.45) is 0.310. The lowest BCUT2D eigenvalue weighted by atomic mass is 9.96. The van der Waals surface area contributed by atoms with Crippen LogP contribution < -0.4 is 5.32 Å². The predicted octanol–water partition coefficient (Wildman–Crippen LogP) is 0.891. The zero-order valence-corrected chi connectivity index (χ0v) is 10.4. The van der Waals surface area contributed by atoms with Gasteiger partial charge in [-0.25, -0.2) is 4.79 Å². The van der Waals surface area contributed by atoms with Crippen LogP contribution >= 0.6 is 0 Å². The zero-order chi connectivity index (χ0) is 13.3. The van der Waals surface area contributed by atoms with Crippen molar-refractivity contribution in [1.82, 2.24) is 5.32 Å². The van der Waals surface area contributed by atoms with E-state index in [4.69, 9.17) is 0 Å². The van der Waals surface area contributed by atoms with Crippen LogP contribution in [-0.4, -0.2) is 38.6 Å². The first-order valence-corrected chi connectivity index (χ1v) is 5.46. The molecule has 1 atom stereocenters. The summed E-state index contributed by atoms with van der Waals surface area (Å²) in [5, 5.41) is 2.46. The Balaban J connectivity index is 4.19. The second kappa shape index (κ2) is 8.55. The number of carbonyl (C=O) groups is 3. The zero-order valence-electron chi connectivity index (χ0n) is 10.4. The van der Waals surface area contributed by atoms with Crippen LogP contribution in [0.15, 0.2) is 0 Å². The monoisotopic (exact) mass is 245 g/mol. The van der Waals surface area contributed by atoms with Crippen LogP contribution in [0.1, 0.15) is 26.2 Å². The van der Waals surface area contributed by atoms with Crippen molar-refractivity contribution in [3.63, 3.8) is 0 Å². The fourth-order valence-electron chi connectivity index (χ4n) is 1.34. The Hall–Kier alpha value is -1.59. The molecule has 0 aliphatic heterocycles. The smallest absolute Gasteiger partial charge is 0.406 e. The highest BCUT2D eigenvalue weighted by molar-refractivity contribution is 5.82. The third-order valence-corrected chi connectivity index (χ3v) is 2.41. The number of alkyl carbamates (subject to hydrolysis) is 1. The predicted molar refractivity (Wildman–Crippen MR) is 60.4 cm³/mol. The maximum atomic E-state index is 11.6. The molecular weight excluding hydrogens is 226 g/mol. The number of Topliss-reactive ketones (excluding diaryl/α,β-unsaturated/α-hetero) is 1. The standard InChI is InChI=1S/C11H19NO5/c1-4-9(13)8(5-6-10(14)16-2)7-12-11(15)17-3/h8H,4-7H2,1-3H3,(H,12,15). The molecule has 6 nitrogen and oxygen atoms in total. The van der Waals surface area contributed by atoms with Crippen molar-refractivity contribution >= 4 is 17.8 Å². The molecule has 0 aromatic rings. The van der Waals surface area contributed by atoms with Gasteiger partial charge in [-0.05, 0) is 6.42 Å². The highest BCUT2D eigenvalue weighted by atomic mass is 16.5. The van der Waals surface area contributed by atoms with E-state index in [0.29, 0.717) is 12.8 Å². The lowest BCUT2D eigenvalue weighted by molar-refractivity contribution is -0.141. The minimum Gasteiger partial charge on any atom is -0.469 e. The second-order valence-corrected chi connectivity index (χ2v) is 3.50. The lowest BCUT2D eigenvalue weighted by Crippen LogP contribution is -2.33. The summed E-state index contributed by atoms with van der Waals surface area (Å²) in [5.41, 5.74) is 0. The van der Waals surface area contributed by atoms with Gasteiger partial charge in [0.25, 0.3) is 0 Å². The van der Waals surface area contributed by atoms with Gasteiger partial charge >= 0.3 is 12.1 Å². The van der Waals surface area contributed by atoms with Gasteiger partial charge in [-0.1, -0.05) is 6.92 Å². The molecule has 0 heterocycles. The third-order valence-electron chi connectivity index (χ3n) is 2.41. The van der Waals surface area contributed by atoms with Gasteiger partial charge in [0, 0.05) is 25.3 Å². The topological polar surface area (TPSA) is 81.7 Å². The van der Waals surface area contributed by atoms with Crippen molar-refractivity contribution in [3.05, 3.63) is 0 Å². The van der Waals surface area contributed by atoms with Crippen LogP contribution in [0, 0.1) is 5.92 Å². The summed E-state index contributed by atoms with van der Waals surface area (Å²) in [4.78, 5) is 33.4. The minimum atomic E-state index is -0.586. The average molecular weight is 245 g/mol. The number of hydrogen-bond donors (Lipinski definition) is 1. The van der Waals surface area contributed by atoms with Gasteiger partial charge in [0.05, 0.1) is 14.2 Å². The summed E-state index contributed by atoms with van der Waals surface area (Å²) >= 11 is 0. The quantitative estimate of drug-likeness (QED) is 0.674. The number of ketones is 1. The molecule has 1 amide bonds. The number of rotatable bonds is 7. The molecule has 0 aromatic heterocycles. The van der Waals surface area contributed by atoms with Crippen LogP contribution in [0.5, 0.6) is 0 Å². The molecule has 0 radical (unpaired) electrons. The summed E-state index contributed by atoms with van der Waals surface area (Å²) < 4.78 is 8.91. The number of esters is 1. The van der Waals surface area contributed by atoms with Crippen LogP contribution in [-0.2, 0) is 19.1 Å². The fourth-order valence-corrected chi connectivity index (χ4v) is 1.34. The molecule has 1 unspecified atom stereocenters. The number of ether oxygens (including phenoxy) is 2. The molecule has 0 bridgehead atoms. The molecule has 17 heavy (non-hydrogen) atoms. The highest BCUT2D eigenvalue weighted by Crippen LogP contribution is 2.10. The first-order chi connectivity index (χ1) is 8.04. The molecule has 0 fully saturated rings. The SMILES string of the molecule is CCC(=O)C(CCC(=O)OC)CNC(=O)OC. The van der Waals surface area contributed by atoms with E-state index in [9.17, 15) is 14.4 Å². The van der Waals surface area contributed by atoms with Crippen molar-refractivity contribution in [2.75, 3.05) is 20.8 Å². The first kappa shape index (κ1) is 15.4. The lowest BCUT2D eigenvalue weighted by Gasteiger charge is -2.14. The highest BCUT2D eigenvalue weighted by Gasteiger charge is 2.19. The molecule has 0 saturated heterocycles. The molecule has 1 N–H and O–H groups in total. The number of hydrogen-bond acceptors (Lipinski definition) is 5. The van der Waals surface area contributed by atoms with Crippen molar-refractivity contribution in [1.29, 1.82) is 0 Å². The number of amides is 1. The molecule has 0 saturated carbocycles. The Morgan fingerprint density at radius 1 is 1.18 bits per heavy atom. The van der Waals surface area contributed by atoms with Crippen molar-refractivity contribution in [2.24, 2.45) is 5.92 Å². The van der Waals surface area contributed by atoms with Crippen LogP contribution in [0.2, 0.25) is 0 Å². The molecule has 6 heteroatoms. The van der Waals surface area contributed by atoms with E-state index in [1.54, 1.807) is 6.92 Å². The molecule has 0 aromatic carbocycles. The summed E-state index contributed by atoms with van der Waals surface area (Å²) in [6.45, 7) is 1.92. The second-order valence-electron chi connectivity index (χ2n) is 3.50.